The van der Waals surface area contributed by atoms with Crippen molar-refractivity contribution in [2.24, 2.45) is 0 Å². The van der Waals surface area contributed by atoms with Crippen molar-refractivity contribution in [1.82, 2.24) is 15.1 Å². The topological polar surface area (TPSA) is 126 Å². The van der Waals surface area contributed by atoms with E-state index in [1.54, 1.807) is 41.3 Å². The quantitative estimate of drug-likeness (QED) is 0.501. The van der Waals surface area contributed by atoms with Gasteiger partial charge in [0.05, 0.1) is 18.3 Å². The van der Waals surface area contributed by atoms with Gasteiger partial charge in [0.25, 0.3) is 17.7 Å². The molecule has 0 saturated carbocycles. The Kier molecular flexibility index (Phi) is 7.63. The van der Waals surface area contributed by atoms with E-state index in [9.17, 15) is 22.8 Å². The summed E-state index contributed by atoms with van der Waals surface area (Å²) in [5.41, 5.74) is 1.29. The van der Waals surface area contributed by atoms with E-state index in [1.807, 2.05) is 6.92 Å². The number of aryl methyl sites for hydroxylation is 1. The second-order valence-corrected chi connectivity index (χ2v) is 10.6. The maximum atomic E-state index is 13.5. The van der Waals surface area contributed by atoms with Gasteiger partial charge in [-0.2, -0.15) is 0 Å². The smallest absolute Gasteiger partial charge is 0.288 e. The molecule has 3 amide bonds. The molecule has 0 radical (unpaired) electrons. The normalized spacial score (nSPS) is 14.6. The molecule has 1 aliphatic heterocycles. The number of amides is 3. The predicted octanol–water partition coefficient (Wildman–Crippen LogP) is 2.11. The van der Waals surface area contributed by atoms with E-state index in [0.717, 1.165) is 5.56 Å². The lowest BCUT2D eigenvalue weighted by Crippen LogP contribution is -2.57. The third-order valence-electron chi connectivity index (χ3n) is 6.09. The average molecular weight is 526 g/mol. The Morgan fingerprint density at radius 3 is 2.24 bits per heavy atom. The first kappa shape index (κ1) is 26.0. The number of ether oxygens (including phenoxy) is 1. The van der Waals surface area contributed by atoms with Crippen LogP contribution in [0, 0.1) is 6.92 Å². The fourth-order valence-corrected chi connectivity index (χ4v) is 5.43. The van der Waals surface area contributed by atoms with Gasteiger partial charge in [0.15, 0.2) is 5.76 Å². The van der Waals surface area contributed by atoms with Crippen molar-refractivity contribution in [3.8, 4) is 5.75 Å². The van der Waals surface area contributed by atoms with Crippen molar-refractivity contribution < 1.29 is 32.0 Å². The van der Waals surface area contributed by atoms with Crippen LogP contribution in [0.15, 0.2) is 76.2 Å². The molecule has 1 atom stereocenters. The molecule has 10 nitrogen and oxygen atoms in total. The summed E-state index contributed by atoms with van der Waals surface area (Å²) in [6.45, 7) is 2.41. The second kappa shape index (κ2) is 10.9. The largest absolute Gasteiger partial charge is 0.497 e. The Morgan fingerprint density at radius 1 is 0.946 bits per heavy atom. The molecule has 37 heavy (non-hydrogen) atoms. The van der Waals surface area contributed by atoms with Gasteiger partial charge >= 0.3 is 0 Å². The summed E-state index contributed by atoms with van der Waals surface area (Å²) in [5, 5.41) is 0.469. The average Bonchev–Trinajstić information content (AvgIpc) is 3.46. The molecule has 3 aromatic rings. The molecule has 0 bridgehead atoms. The van der Waals surface area contributed by atoms with Crippen molar-refractivity contribution in [1.29, 1.82) is 0 Å². The van der Waals surface area contributed by atoms with E-state index >= 15 is 0 Å². The maximum absolute atomic E-state index is 13.5. The number of methoxy groups -OCH3 is 1. The van der Waals surface area contributed by atoms with Gasteiger partial charge in [-0.05, 0) is 49.4 Å². The summed E-state index contributed by atoms with van der Waals surface area (Å²) >= 11 is 0. The van der Waals surface area contributed by atoms with Gasteiger partial charge in [-0.25, -0.2) is 8.42 Å². The molecular weight excluding hydrogens is 498 g/mol. The fourth-order valence-electron chi connectivity index (χ4n) is 3.97. The van der Waals surface area contributed by atoms with Gasteiger partial charge in [0.2, 0.25) is 15.2 Å². The minimum absolute atomic E-state index is 0.0944. The Morgan fingerprint density at radius 2 is 1.62 bits per heavy atom. The summed E-state index contributed by atoms with van der Waals surface area (Å²) in [7, 11) is -2.78. The summed E-state index contributed by atoms with van der Waals surface area (Å²) in [6, 6.07) is 15.6. The molecule has 0 spiro atoms. The van der Waals surface area contributed by atoms with Crippen molar-refractivity contribution in [3.05, 3.63) is 83.8 Å². The molecule has 1 fully saturated rings. The molecule has 0 aliphatic carbocycles. The molecule has 4 rings (SSSR count). The second-order valence-electron chi connectivity index (χ2n) is 8.54. The number of carbonyl (C=O) groups excluding carboxylic acids is 3. The van der Waals surface area contributed by atoms with E-state index in [0.29, 0.717) is 11.3 Å². The number of piperazine rings is 1. The van der Waals surface area contributed by atoms with Crippen molar-refractivity contribution in [3.63, 3.8) is 0 Å². The molecule has 1 aromatic heterocycles. The number of nitrogens with zero attached hydrogens (tertiary/aromatic N) is 2. The zero-order valence-corrected chi connectivity index (χ0v) is 21.2. The zero-order valence-electron chi connectivity index (χ0n) is 20.4. The number of nitrogens with one attached hydrogen (secondary N) is 1. The molecule has 194 valence electrons. The van der Waals surface area contributed by atoms with E-state index in [1.165, 1.54) is 42.5 Å². The Bertz CT molecular complexity index is 1380. The van der Waals surface area contributed by atoms with Crippen molar-refractivity contribution in [2.75, 3.05) is 33.3 Å². The summed E-state index contributed by atoms with van der Waals surface area (Å²) in [4.78, 5) is 41.9. The first-order valence-corrected chi connectivity index (χ1v) is 13.1. The SMILES string of the molecule is COc1cccc(C(=O)N2CCN(C(=O)C(NC(=O)c3ccco3)S(=O)(=O)c3ccc(C)cc3)CC2)c1. The lowest BCUT2D eigenvalue weighted by molar-refractivity contribution is -0.132. The standard InChI is InChI=1S/C26H27N3O7S/c1-18-8-10-21(11-9-18)37(33,34)24(27-23(30)22-7-4-16-36-22)26(32)29-14-12-28(13-15-29)25(31)19-5-3-6-20(17-19)35-2/h3-11,16-17,24H,12-15H2,1-2H3,(H,27,30). The molecule has 1 saturated heterocycles. The number of furan rings is 1. The van der Waals surface area contributed by atoms with Gasteiger partial charge in [-0.1, -0.05) is 23.8 Å². The lowest BCUT2D eigenvalue weighted by atomic mass is 10.1. The van der Waals surface area contributed by atoms with Crippen LogP contribution < -0.4 is 10.1 Å². The lowest BCUT2D eigenvalue weighted by Gasteiger charge is -2.36. The number of hydrogen-bond donors (Lipinski definition) is 1. The van der Waals surface area contributed by atoms with E-state index in [-0.39, 0.29) is 42.7 Å². The molecule has 11 heteroatoms. The Hall–Kier alpha value is -4.12. The number of sulfone groups is 1. The third kappa shape index (κ3) is 5.67. The summed E-state index contributed by atoms with van der Waals surface area (Å²) < 4.78 is 37.2. The number of hydrogen-bond acceptors (Lipinski definition) is 7. The number of benzene rings is 2. The molecule has 1 N–H and O–H groups in total. The molecule has 2 heterocycles. The molecule has 1 unspecified atom stereocenters. The highest BCUT2D eigenvalue weighted by molar-refractivity contribution is 7.92. The van der Waals surface area contributed by atoms with Crippen molar-refractivity contribution in [2.45, 2.75) is 17.2 Å². The first-order valence-electron chi connectivity index (χ1n) is 11.6. The van der Waals surface area contributed by atoms with Crippen LogP contribution in [0.25, 0.3) is 0 Å². The van der Waals surface area contributed by atoms with Crippen LogP contribution in [-0.4, -0.2) is 74.6 Å². The van der Waals surface area contributed by atoms with E-state index in [2.05, 4.69) is 5.32 Å². The minimum Gasteiger partial charge on any atom is -0.497 e. The van der Waals surface area contributed by atoms with E-state index < -0.39 is 27.0 Å². The zero-order chi connectivity index (χ0) is 26.6. The molecular formula is C26H27N3O7S. The predicted molar refractivity (Wildman–Crippen MR) is 134 cm³/mol. The van der Waals surface area contributed by atoms with E-state index in [4.69, 9.17) is 9.15 Å². The Balaban J connectivity index is 1.52. The highest BCUT2D eigenvalue weighted by Gasteiger charge is 2.40. The number of rotatable bonds is 7. The van der Waals surface area contributed by atoms with Gasteiger partial charge in [-0.15, -0.1) is 0 Å². The van der Waals surface area contributed by atoms with Crippen molar-refractivity contribution >= 4 is 27.6 Å². The van der Waals surface area contributed by atoms with Gasteiger partial charge in [0.1, 0.15) is 5.75 Å². The minimum atomic E-state index is -4.29. The van der Waals surface area contributed by atoms with Crippen LogP contribution >= 0.6 is 0 Å². The summed E-state index contributed by atoms with van der Waals surface area (Å²) in [5.74, 6) is -1.40. The Labute approximate surface area is 214 Å². The van der Waals surface area contributed by atoms with Gasteiger partial charge in [-0.3, -0.25) is 14.4 Å². The van der Waals surface area contributed by atoms with Crippen LogP contribution in [0.3, 0.4) is 0 Å². The van der Waals surface area contributed by atoms with Crippen LogP contribution in [-0.2, 0) is 14.6 Å². The fraction of sp³-hybridized carbons (Fsp3) is 0.269. The summed E-state index contributed by atoms with van der Waals surface area (Å²) in [6.07, 6.45) is 1.28. The van der Waals surface area contributed by atoms with Crippen LogP contribution in [0.4, 0.5) is 0 Å². The first-order chi connectivity index (χ1) is 17.7. The number of carbonyl (C=O) groups is 3. The van der Waals surface area contributed by atoms with Gasteiger partial charge in [0, 0.05) is 31.7 Å². The maximum Gasteiger partial charge on any atom is 0.288 e. The third-order valence-corrected chi connectivity index (χ3v) is 7.96. The highest BCUT2D eigenvalue weighted by atomic mass is 32.2. The van der Waals surface area contributed by atoms with Crippen LogP contribution in [0.2, 0.25) is 0 Å². The monoisotopic (exact) mass is 525 g/mol. The molecule has 1 aliphatic rings. The van der Waals surface area contributed by atoms with Crippen LogP contribution in [0.1, 0.15) is 26.5 Å². The highest BCUT2D eigenvalue weighted by Crippen LogP contribution is 2.20. The van der Waals surface area contributed by atoms with Crippen LogP contribution in [0.5, 0.6) is 5.75 Å². The van der Waals surface area contributed by atoms with Gasteiger partial charge < -0.3 is 24.3 Å². The molecule has 2 aromatic carbocycles.